The van der Waals surface area contributed by atoms with Gasteiger partial charge in [0.1, 0.15) is 11.6 Å². The predicted molar refractivity (Wildman–Crippen MR) is 135 cm³/mol. The summed E-state index contributed by atoms with van der Waals surface area (Å²) in [5.74, 6) is -0.417. The van der Waals surface area contributed by atoms with Gasteiger partial charge in [-0.15, -0.1) is 0 Å². The van der Waals surface area contributed by atoms with Crippen molar-refractivity contribution in [1.29, 1.82) is 0 Å². The Labute approximate surface area is 219 Å². The molecule has 1 heterocycles. The highest BCUT2D eigenvalue weighted by atomic mass is 35.5. The molecule has 1 saturated heterocycles. The van der Waals surface area contributed by atoms with E-state index < -0.39 is 28.8 Å². The van der Waals surface area contributed by atoms with Crippen molar-refractivity contribution in [2.45, 2.75) is 56.1 Å². The van der Waals surface area contributed by atoms with Crippen LogP contribution in [0.1, 0.15) is 50.0 Å². The van der Waals surface area contributed by atoms with E-state index in [9.17, 15) is 19.1 Å². The number of aliphatic hydroxyl groups is 1. The maximum atomic E-state index is 13.6. The fourth-order valence-electron chi connectivity index (χ4n) is 6.10. The molecule has 2 aromatic carbocycles. The van der Waals surface area contributed by atoms with Crippen LogP contribution in [-0.4, -0.2) is 53.2 Å². The smallest absolute Gasteiger partial charge is 0.258 e. The molecule has 9 heteroatoms. The summed E-state index contributed by atoms with van der Waals surface area (Å²) in [7, 11) is 0. The Kier molecular flexibility index (Phi) is 6.92. The van der Waals surface area contributed by atoms with E-state index in [1.165, 1.54) is 17.7 Å². The van der Waals surface area contributed by atoms with E-state index in [-0.39, 0.29) is 29.2 Å². The van der Waals surface area contributed by atoms with Crippen molar-refractivity contribution >= 4 is 35.0 Å². The largest absolute Gasteiger partial charge is 0.484 e. The molecule has 1 unspecified atom stereocenters. The van der Waals surface area contributed by atoms with Gasteiger partial charge in [-0.2, -0.15) is 0 Å². The summed E-state index contributed by atoms with van der Waals surface area (Å²) in [5, 5.41) is 14.7. The number of carbonyl (C=O) groups is 2. The van der Waals surface area contributed by atoms with Gasteiger partial charge in [0.25, 0.3) is 5.91 Å². The van der Waals surface area contributed by atoms with Crippen LogP contribution < -0.4 is 10.1 Å². The molecule has 2 atom stereocenters. The Hall–Kier alpha value is -2.35. The number of aliphatic hydroxyl groups excluding tert-OH is 1. The van der Waals surface area contributed by atoms with E-state index in [0.29, 0.717) is 50.2 Å². The van der Waals surface area contributed by atoms with Gasteiger partial charge in [0.2, 0.25) is 5.91 Å². The highest BCUT2D eigenvalue weighted by molar-refractivity contribution is 6.30. The molecule has 6 nitrogen and oxygen atoms in total. The Morgan fingerprint density at radius 2 is 1.83 bits per heavy atom. The van der Waals surface area contributed by atoms with Crippen LogP contribution in [0.15, 0.2) is 42.5 Å². The lowest BCUT2D eigenvalue weighted by atomic mass is 9.55. The first kappa shape index (κ1) is 25.3. The number of hydrogen-bond acceptors (Lipinski definition) is 4. The Morgan fingerprint density at radius 1 is 1.11 bits per heavy atom. The maximum Gasteiger partial charge on any atom is 0.258 e. The highest BCUT2D eigenvalue weighted by Crippen LogP contribution is 2.53. The number of carbonyl (C=O) groups excluding carboxylic acids is 2. The second-order valence-electron chi connectivity index (χ2n) is 10.4. The molecule has 36 heavy (non-hydrogen) atoms. The van der Waals surface area contributed by atoms with E-state index in [1.54, 1.807) is 0 Å². The summed E-state index contributed by atoms with van der Waals surface area (Å²) in [6.07, 6.45) is 2.70. The zero-order chi connectivity index (χ0) is 25.5. The van der Waals surface area contributed by atoms with Crippen LogP contribution in [0.5, 0.6) is 5.75 Å². The topological polar surface area (TPSA) is 78.9 Å². The molecule has 2 bridgehead atoms. The maximum absolute atomic E-state index is 13.6. The molecule has 4 fully saturated rings. The van der Waals surface area contributed by atoms with Gasteiger partial charge in [-0.05, 0) is 68.4 Å². The van der Waals surface area contributed by atoms with Gasteiger partial charge >= 0.3 is 0 Å². The number of amides is 2. The van der Waals surface area contributed by atoms with Crippen molar-refractivity contribution in [2.75, 3.05) is 19.7 Å². The molecule has 1 aliphatic heterocycles. The molecule has 2 N–H and O–H groups in total. The number of ether oxygens (including phenoxy) is 1. The number of fused-ring (bicyclic) bond motifs is 3. The third-order valence-electron chi connectivity index (χ3n) is 8.24. The molecule has 0 aromatic heterocycles. The lowest BCUT2D eigenvalue weighted by Crippen LogP contribution is -2.67. The van der Waals surface area contributed by atoms with Gasteiger partial charge < -0.3 is 20.1 Å². The zero-order valence-corrected chi connectivity index (χ0v) is 21.3. The molecule has 2 amide bonds. The van der Waals surface area contributed by atoms with E-state index in [1.807, 2.05) is 29.2 Å². The van der Waals surface area contributed by atoms with Gasteiger partial charge in [0.15, 0.2) is 6.61 Å². The van der Waals surface area contributed by atoms with Crippen molar-refractivity contribution in [1.82, 2.24) is 10.2 Å². The molecule has 3 saturated carbocycles. The van der Waals surface area contributed by atoms with Crippen molar-refractivity contribution < 1.29 is 23.8 Å². The van der Waals surface area contributed by atoms with Gasteiger partial charge in [0, 0.05) is 30.1 Å². The average Bonchev–Trinajstić information content (AvgIpc) is 3.36. The van der Waals surface area contributed by atoms with Crippen LogP contribution in [0.3, 0.4) is 0 Å². The SMILES string of the molecule is O=C(COc1ccc(Cl)c(F)c1)NC12CCC(C(=O)N3CC[C@H](c4ccc(Cl)cc4)C3)(CC1)CC2O. The second-order valence-corrected chi connectivity index (χ2v) is 11.2. The minimum Gasteiger partial charge on any atom is -0.484 e. The molecular weight excluding hydrogens is 506 g/mol. The van der Waals surface area contributed by atoms with Crippen LogP contribution in [0, 0.1) is 11.2 Å². The first-order valence-electron chi connectivity index (χ1n) is 12.3. The first-order chi connectivity index (χ1) is 17.2. The monoisotopic (exact) mass is 534 g/mol. The number of halogens is 3. The summed E-state index contributed by atoms with van der Waals surface area (Å²) in [6, 6.07) is 11.8. The van der Waals surface area contributed by atoms with E-state index in [4.69, 9.17) is 27.9 Å². The molecule has 0 spiro atoms. The molecular formula is C27H29Cl2FN2O4. The molecule has 0 radical (unpaired) electrons. The third kappa shape index (κ3) is 4.81. The number of benzene rings is 2. The fraction of sp³-hybridized carbons (Fsp3) is 0.481. The van der Waals surface area contributed by atoms with Gasteiger partial charge in [-0.1, -0.05) is 35.3 Å². The van der Waals surface area contributed by atoms with Crippen LogP contribution in [0.2, 0.25) is 10.0 Å². The molecule has 2 aromatic rings. The van der Waals surface area contributed by atoms with E-state index >= 15 is 0 Å². The number of nitrogens with zero attached hydrogens (tertiary/aromatic N) is 1. The lowest BCUT2D eigenvalue weighted by Gasteiger charge is -2.56. The van der Waals surface area contributed by atoms with E-state index in [0.717, 1.165) is 12.5 Å². The molecule has 3 aliphatic carbocycles. The van der Waals surface area contributed by atoms with Crippen molar-refractivity contribution in [3.63, 3.8) is 0 Å². The van der Waals surface area contributed by atoms with Crippen LogP contribution in [0.25, 0.3) is 0 Å². The summed E-state index contributed by atoms with van der Waals surface area (Å²) in [6.45, 7) is 1.07. The van der Waals surface area contributed by atoms with Crippen LogP contribution in [0.4, 0.5) is 4.39 Å². The summed E-state index contributed by atoms with van der Waals surface area (Å²) in [5.41, 5.74) is -0.173. The Morgan fingerprint density at radius 3 is 2.50 bits per heavy atom. The van der Waals surface area contributed by atoms with Gasteiger partial charge in [-0.25, -0.2) is 4.39 Å². The minimum absolute atomic E-state index is 0.0225. The zero-order valence-electron chi connectivity index (χ0n) is 19.8. The number of nitrogens with one attached hydrogen (secondary N) is 1. The molecule has 4 aliphatic rings. The third-order valence-corrected chi connectivity index (χ3v) is 8.80. The number of rotatable bonds is 6. The van der Waals surface area contributed by atoms with Crippen molar-refractivity contribution in [3.8, 4) is 5.75 Å². The fourth-order valence-corrected chi connectivity index (χ4v) is 6.35. The normalized spacial score (nSPS) is 29.3. The lowest BCUT2D eigenvalue weighted by molar-refractivity contribution is -0.159. The summed E-state index contributed by atoms with van der Waals surface area (Å²) < 4.78 is 19.0. The second kappa shape index (κ2) is 9.84. The van der Waals surface area contributed by atoms with Gasteiger partial charge in [0.05, 0.1) is 22.1 Å². The molecule has 192 valence electrons. The van der Waals surface area contributed by atoms with E-state index in [2.05, 4.69) is 5.32 Å². The Balaban J connectivity index is 1.17. The number of hydrogen-bond donors (Lipinski definition) is 2. The van der Waals surface area contributed by atoms with Crippen molar-refractivity contribution in [2.24, 2.45) is 5.41 Å². The van der Waals surface area contributed by atoms with Gasteiger partial charge in [-0.3, -0.25) is 9.59 Å². The quantitative estimate of drug-likeness (QED) is 0.562. The number of likely N-dealkylation sites (tertiary alicyclic amines) is 1. The highest BCUT2D eigenvalue weighted by Gasteiger charge is 2.58. The standard InChI is InChI=1S/C27H29Cl2FN2O4/c28-19-3-1-17(2-4-19)18-7-12-32(15-18)25(35)26-8-10-27(11-9-26,23(33)14-26)31-24(34)16-36-20-5-6-21(29)22(30)13-20/h1-6,13,18,23,33H,7-12,14-16H2,(H,31,34)/t18-,23?,26?,27?/m0/s1. The van der Waals surface area contributed by atoms with Crippen LogP contribution in [-0.2, 0) is 9.59 Å². The minimum atomic E-state index is -0.824. The van der Waals surface area contributed by atoms with Crippen LogP contribution >= 0.6 is 23.2 Å². The summed E-state index contributed by atoms with van der Waals surface area (Å²) in [4.78, 5) is 28.2. The predicted octanol–water partition coefficient (Wildman–Crippen LogP) is 4.71. The molecule has 6 rings (SSSR count). The first-order valence-corrected chi connectivity index (χ1v) is 13.1. The Bertz CT molecular complexity index is 1150. The van der Waals surface area contributed by atoms with Crippen molar-refractivity contribution in [3.05, 3.63) is 63.9 Å². The average molecular weight is 535 g/mol. The summed E-state index contributed by atoms with van der Waals surface area (Å²) >= 11 is 11.7.